The van der Waals surface area contributed by atoms with Gasteiger partial charge >= 0.3 is 0 Å². The van der Waals surface area contributed by atoms with Crippen molar-refractivity contribution < 1.29 is 9.53 Å². The zero-order valence-corrected chi connectivity index (χ0v) is 17.0. The summed E-state index contributed by atoms with van der Waals surface area (Å²) in [7, 11) is 0. The van der Waals surface area contributed by atoms with Crippen molar-refractivity contribution in [2.45, 2.75) is 65.5 Å². The van der Waals surface area contributed by atoms with E-state index in [1.807, 2.05) is 30.0 Å². The van der Waals surface area contributed by atoms with E-state index in [-0.39, 0.29) is 25.6 Å². The third-order valence-electron chi connectivity index (χ3n) is 4.04. The minimum absolute atomic E-state index is 0. The Bertz CT molecular complexity index is 476. The van der Waals surface area contributed by atoms with E-state index in [9.17, 15) is 4.79 Å². The van der Waals surface area contributed by atoms with Crippen molar-refractivity contribution in [3.63, 3.8) is 0 Å². The second-order valence-electron chi connectivity index (χ2n) is 6.21. The average molecular weight is 366 g/mol. The fourth-order valence-electron chi connectivity index (χ4n) is 2.67. The summed E-state index contributed by atoms with van der Waals surface area (Å²) in [6.45, 7) is 7.75. The van der Waals surface area contributed by atoms with E-state index in [0.29, 0.717) is 0 Å². The van der Waals surface area contributed by atoms with Crippen molar-refractivity contribution >= 4 is 19.4 Å². The van der Waals surface area contributed by atoms with Gasteiger partial charge in [-0.3, -0.25) is 4.79 Å². The molecule has 4 heteroatoms. The highest BCUT2D eigenvalue weighted by Gasteiger charge is 2.25. The van der Waals surface area contributed by atoms with E-state index < -0.39 is 0 Å². The van der Waals surface area contributed by atoms with Crippen LogP contribution in [0.1, 0.15) is 57.9 Å². The van der Waals surface area contributed by atoms with Crippen LogP contribution in [-0.4, -0.2) is 30.2 Å². The van der Waals surface area contributed by atoms with Gasteiger partial charge < -0.3 is 9.64 Å². The molecule has 2 rings (SSSR count). The van der Waals surface area contributed by atoms with E-state index in [1.165, 1.54) is 18.4 Å². The lowest BCUT2D eigenvalue weighted by Gasteiger charge is -2.34. The minimum atomic E-state index is 0. The van der Waals surface area contributed by atoms with Crippen LogP contribution in [0.3, 0.4) is 0 Å². The number of likely N-dealkylation sites (tertiary alicyclic amines) is 1. The third-order valence-corrected chi connectivity index (χ3v) is 4.04. The van der Waals surface area contributed by atoms with Gasteiger partial charge in [-0.2, -0.15) is 13.5 Å². The lowest BCUT2D eigenvalue weighted by Crippen LogP contribution is -2.44. The van der Waals surface area contributed by atoms with Gasteiger partial charge in [0.25, 0.3) is 0 Å². The topological polar surface area (TPSA) is 29.5 Å². The lowest BCUT2D eigenvalue weighted by atomic mass is 10.1. The zero-order valence-electron chi connectivity index (χ0n) is 16.0. The van der Waals surface area contributed by atoms with Crippen molar-refractivity contribution in [2.24, 2.45) is 0 Å². The Morgan fingerprint density at radius 3 is 2.52 bits per heavy atom. The van der Waals surface area contributed by atoms with Crippen molar-refractivity contribution in [1.29, 1.82) is 0 Å². The van der Waals surface area contributed by atoms with E-state index in [4.69, 9.17) is 4.74 Å². The molecule has 1 fully saturated rings. The molecule has 1 heterocycles. The molecule has 0 aliphatic carbocycles. The van der Waals surface area contributed by atoms with Crippen LogP contribution in [0.2, 0.25) is 0 Å². The fraction of sp³-hybridized carbons (Fsp3) is 0.571. The van der Waals surface area contributed by atoms with Crippen LogP contribution in [-0.2, 0) is 9.53 Å². The largest absolute Gasteiger partial charge is 0.358 e. The molecule has 1 atom stereocenters. The fourth-order valence-corrected chi connectivity index (χ4v) is 2.67. The molecular formula is C21H35NO2S. The van der Waals surface area contributed by atoms with Gasteiger partial charge in [0.2, 0.25) is 5.91 Å². The lowest BCUT2D eigenvalue weighted by molar-refractivity contribution is -0.145. The summed E-state index contributed by atoms with van der Waals surface area (Å²) in [6, 6.07) is 10.3. The van der Waals surface area contributed by atoms with Crippen LogP contribution in [0.5, 0.6) is 0 Å². The molecule has 0 radical (unpaired) electrons. The Labute approximate surface area is 160 Å². The Morgan fingerprint density at radius 1 is 1.24 bits per heavy atom. The molecule has 0 N–H and O–H groups in total. The molecule has 0 bridgehead atoms. The highest BCUT2D eigenvalue weighted by molar-refractivity contribution is 7.59. The summed E-state index contributed by atoms with van der Waals surface area (Å²) in [4.78, 5) is 13.7. The van der Waals surface area contributed by atoms with Gasteiger partial charge in [0, 0.05) is 13.2 Å². The van der Waals surface area contributed by atoms with Gasteiger partial charge in [-0.05, 0) is 45.6 Å². The number of amides is 1. The summed E-state index contributed by atoms with van der Waals surface area (Å²) in [5.41, 5.74) is 1.32. The number of benzene rings is 1. The normalized spacial score (nSPS) is 16.8. The van der Waals surface area contributed by atoms with Crippen LogP contribution in [0.4, 0.5) is 0 Å². The van der Waals surface area contributed by atoms with Crippen LogP contribution in [0.25, 0.3) is 0 Å². The first-order valence-corrected chi connectivity index (χ1v) is 9.25. The quantitative estimate of drug-likeness (QED) is 0.511. The number of allylic oxidation sites excluding steroid dienone is 1. The standard InChI is InChI=1S/C14H25NO2.C7H8.H2S/c1-3-5-8-12-17-14-10-6-7-11-15(14)13(16)9-4-2;1-7-5-3-2-4-6-7;/h4,9,14H,3,5-8,10-12H2,1-2H3;2-6H,1H3;1H2. The number of carbonyl (C=O) groups is 1. The SMILES string of the molecule is CC=CC(=O)N1CCCCC1OCCCCC.Cc1ccccc1.S. The van der Waals surface area contributed by atoms with Crippen LogP contribution < -0.4 is 0 Å². The van der Waals surface area contributed by atoms with Crippen molar-refractivity contribution in [2.75, 3.05) is 13.2 Å². The second-order valence-corrected chi connectivity index (χ2v) is 6.21. The predicted octanol–water partition coefficient (Wildman–Crippen LogP) is 5.22. The Hall–Kier alpha value is -1.26. The number of rotatable bonds is 6. The summed E-state index contributed by atoms with van der Waals surface area (Å²) in [5, 5.41) is 0. The van der Waals surface area contributed by atoms with E-state index in [1.54, 1.807) is 12.2 Å². The monoisotopic (exact) mass is 365 g/mol. The Kier molecular flexibility index (Phi) is 14.3. The summed E-state index contributed by atoms with van der Waals surface area (Å²) >= 11 is 0. The van der Waals surface area contributed by atoms with Gasteiger partial charge in [-0.25, -0.2) is 0 Å². The van der Waals surface area contributed by atoms with Crippen molar-refractivity contribution in [1.82, 2.24) is 4.90 Å². The molecule has 3 nitrogen and oxygen atoms in total. The van der Waals surface area contributed by atoms with E-state index >= 15 is 0 Å². The Balaban J connectivity index is 0.000000603. The highest BCUT2D eigenvalue weighted by atomic mass is 32.1. The molecule has 0 aromatic heterocycles. The van der Waals surface area contributed by atoms with Gasteiger partial charge in [0.05, 0.1) is 0 Å². The Morgan fingerprint density at radius 2 is 1.96 bits per heavy atom. The van der Waals surface area contributed by atoms with E-state index in [0.717, 1.165) is 38.8 Å². The first-order chi connectivity index (χ1) is 11.7. The number of carbonyl (C=O) groups excluding carboxylic acids is 1. The molecule has 25 heavy (non-hydrogen) atoms. The van der Waals surface area contributed by atoms with Crippen LogP contribution in [0.15, 0.2) is 42.5 Å². The molecule has 1 aliphatic heterocycles. The molecule has 142 valence electrons. The number of unbranched alkanes of at least 4 members (excludes halogenated alkanes) is 2. The number of hydrogen-bond donors (Lipinski definition) is 0. The van der Waals surface area contributed by atoms with Crippen LogP contribution in [0, 0.1) is 6.92 Å². The minimum Gasteiger partial charge on any atom is -0.358 e. The highest BCUT2D eigenvalue weighted by Crippen LogP contribution is 2.19. The molecule has 1 aromatic carbocycles. The molecule has 1 saturated heterocycles. The van der Waals surface area contributed by atoms with Gasteiger partial charge in [0.15, 0.2) is 0 Å². The maximum Gasteiger partial charge on any atom is 0.248 e. The predicted molar refractivity (Wildman–Crippen MR) is 111 cm³/mol. The molecule has 1 unspecified atom stereocenters. The molecule has 1 aromatic rings. The molecule has 1 amide bonds. The maximum absolute atomic E-state index is 11.9. The molecule has 0 saturated carbocycles. The zero-order chi connectivity index (χ0) is 17.6. The molecule has 0 spiro atoms. The number of aryl methyl sites for hydroxylation is 1. The van der Waals surface area contributed by atoms with Crippen LogP contribution >= 0.6 is 13.5 Å². The smallest absolute Gasteiger partial charge is 0.248 e. The summed E-state index contributed by atoms with van der Waals surface area (Å²) in [5.74, 6) is 0.0905. The first-order valence-electron chi connectivity index (χ1n) is 9.25. The number of ether oxygens (including phenoxy) is 1. The van der Waals surface area contributed by atoms with Crippen molar-refractivity contribution in [3.05, 3.63) is 48.0 Å². The average Bonchev–Trinajstić information content (AvgIpc) is 2.60. The third kappa shape index (κ3) is 10.4. The maximum atomic E-state index is 11.9. The van der Waals surface area contributed by atoms with Crippen molar-refractivity contribution in [3.8, 4) is 0 Å². The number of nitrogens with zero attached hydrogens (tertiary/aromatic N) is 1. The van der Waals surface area contributed by atoms with Gasteiger partial charge in [-0.1, -0.05) is 61.7 Å². The first kappa shape index (κ1) is 23.7. The molecule has 1 aliphatic rings. The van der Waals surface area contributed by atoms with Gasteiger partial charge in [0.1, 0.15) is 6.23 Å². The summed E-state index contributed by atoms with van der Waals surface area (Å²) < 4.78 is 5.84. The summed E-state index contributed by atoms with van der Waals surface area (Å²) in [6.07, 6.45) is 10.2. The second kappa shape index (κ2) is 15.0. The van der Waals surface area contributed by atoms with Gasteiger partial charge in [-0.15, -0.1) is 0 Å². The number of piperidine rings is 1. The number of hydrogen-bond acceptors (Lipinski definition) is 2. The molecular weight excluding hydrogens is 330 g/mol. The van der Waals surface area contributed by atoms with E-state index in [2.05, 4.69) is 26.0 Å².